The topological polar surface area (TPSA) is 65.2 Å². The van der Waals surface area contributed by atoms with Gasteiger partial charge in [0.05, 0.1) is 13.0 Å². The highest BCUT2D eigenvalue weighted by Gasteiger charge is 2.16. The highest BCUT2D eigenvalue weighted by atomic mass is 19.1. The summed E-state index contributed by atoms with van der Waals surface area (Å²) >= 11 is 0. The molecule has 0 N–H and O–H groups in total. The van der Waals surface area contributed by atoms with E-state index in [0.29, 0.717) is 5.56 Å². The molecule has 0 unspecified atom stereocenters. The first-order chi connectivity index (χ1) is 9.08. The van der Waals surface area contributed by atoms with Gasteiger partial charge in [-0.15, -0.1) is 0 Å². The van der Waals surface area contributed by atoms with E-state index in [1.165, 1.54) is 0 Å². The van der Waals surface area contributed by atoms with E-state index in [2.05, 4.69) is 14.9 Å². The minimum absolute atomic E-state index is 0.0289. The number of hydrogen-bond acceptors (Lipinski definition) is 5. The summed E-state index contributed by atoms with van der Waals surface area (Å²) in [4.78, 5) is 15.1. The summed E-state index contributed by atoms with van der Waals surface area (Å²) in [6.07, 6.45) is 0.0289. The molecule has 1 aromatic carbocycles. The van der Waals surface area contributed by atoms with Crippen LogP contribution in [0.1, 0.15) is 29.0 Å². The Balaban J connectivity index is 2.13. The molecule has 0 spiro atoms. The molecule has 2 rings (SSSR count). The minimum atomic E-state index is -0.706. The number of hydrogen-bond donors (Lipinski definition) is 0. The molecular formula is C12H10F2N2O3. The Labute approximate surface area is 107 Å². The lowest BCUT2D eigenvalue weighted by Gasteiger charge is -1.97. The number of aromatic nitrogens is 2. The maximum atomic E-state index is 13.0. The van der Waals surface area contributed by atoms with Crippen molar-refractivity contribution in [1.29, 1.82) is 0 Å². The Hall–Kier alpha value is -2.31. The zero-order chi connectivity index (χ0) is 13.8. The quantitative estimate of drug-likeness (QED) is 0.794. The lowest BCUT2D eigenvalue weighted by molar-refractivity contribution is 0.0508. The van der Waals surface area contributed by atoms with Gasteiger partial charge in [0.15, 0.2) is 0 Å². The van der Waals surface area contributed by atoms with Gasteiger partial charge in [0, 0.05) is 6.07 Å². The first-order valence-electron chi connectivity index (χ1n) is 5.53. The third kappa shape index (κ3) is 3.34. The number of rotatable bonds is 4. The molecule has 0 radical (unpaired) electrons. The largest absolute Gasteiger partial charge is 0.460 e. The fourth-order valence-electron chi connectivity index (χ4n) is 1.49. The molecule has 5 nitrogen and oxygen atoms in total. The van der Waals surface area contributed by atoms with E-state index < -0.39 is 17.6 Å². The van der Waals surface area contributed by atoms with Gasteiger partial charge >= 0.3 is 5.97 Å². The van der Waals surface area contributed by atoms with Crippen molar-refractivity contribution in [2.24, 2.45) is 0 Å². The minimum Gasteiger partial charge on any atom is -0.460 e. The van der Waals surface area contributed by atoms with Crippen molar-refractivity contribution in [2.45, 2.75) is 13.3 Å². The van der Waals surface area contributed by atoms with E-state index in [1.807, 2.05) is 0 Å². The second-order valence-electron chi connectivity index (χ2n) is 3.69. The highest BCUT2D eigenvalue weighted by molar-refractivity contribution is 5.84. The number of carbonyl (C=O) groups excluding carboxylic acids is 1. The van der Waals surface area contributed by atoms with Crippen LogP contribution in [0, 0.1) is 11.6 Å². The number of carbonyl (C=O) groups is 1. The number of ether oxygens (including phenoxy) is 1. The van der Waals surface area contributed by atoms with Gasteiger partial charge in [0.2, 0.25) is 5.89 Å². The van der Waals surface area contributed by atoms with Gasteiger partial charge in [0.1, 0.15) is 11.6 Å². The predicted octanol–water partition coefficient (Wildman–Crippen LogP) is 2.12. The van der Waals surface area contributed by atoms with Crippen molar-refractivity contribution < 1.29 is 22.8 Å². The smallest absolute Gasteiger partial charge is 0.379 e. The summed E-state index contributed by atoms with van der Waals surface area (Å²) < 4.78 is 35.5. The van der Waals surface area contributed by atoms with Gasteiger partial charge in [0.25, 0.3) is 5.82 Å². The van der Waals surface area contributed by atoms with E-state index in [-0.39, 0.29) is 24.7 Å². The molecule has 19 heavy (non-hydrogen) atoms. The summed E-state index contributed by atoms with van der Waals surface area (Å²) in [5.74, 6) is -2.23. The Kier molecular flexibility index (Phi) is 3.84. The molecule has 0 bridgehead atoms. The van der Waals surface area contributed by atoms with Crippen LogP contribution in [0.3, 0.4) is 0 Å². The average molecular weight is 268 g/mol. The van der Waals surface area contributed by atoms with Crippen molar-refractivity contribution in [1.82, 2.24) is 10.1 Å². The molecule has 100 valence electrons. The second kappa shape index (κ2) is 5.55. The second-order valence-corrected chi connectivity index (χ2v) is 3.69. The zero-order valence-corrected chi connectivity index (χ0v) is 10.0. The molecule has 0 saturated carbocycles. The molecule has 2 aromatic rings. The van der Waals surface area contributed by atoms with Crippen LogP contribution in [0.4, 0.5) is 8.78 Å². The van der Waals surface area contributed by atoms with Crippen molar-refractivity contribution in [3.63, 3.8) is 0 Å². The van der Waals surface area contributed by atoms with Gasteiger partial charge < -0.3 is 9.26 Å². The van der Waals surface area contributed by atoms with E-state index in [0.717, 1.165) is 18.2 Å². The number of halogens is 2. The first-order valence-corrected chi connectivity index (χ1v) is 5.53. The molecule has 0 aliphatic carbocycles. The number of esters is 1. The van der Waals surface area contributed by atoms with Crippen LogP contribution in [-0.4, -0.2) is 22.7 Å². The Morgan fingerprint density at radius 1 is 1.32 bits per heavy atom. The van der Waals surface area contributed by atoms with Gasteiger partial charge in [-0.05, 0) is 29.8 Å². The van der Waals surface area contributed by atoms with E-state index in [9.17, 15) is 13.6 Å². The maximum Gasteiger partial charge on any atom is 0.379 e. The number of benzene rings is 1. The molecule has 7 heteroatoms. The first kappa shape index (κ1) is 13.1. The lowest BCUT2D eigenvalue weighted by Crippen LogP contribution is -2.06. The summed E-state index contributed by atoms with van der Waals surface area (Å²) in [5, 5.41) is 3.43. The van der Waals surface area contributed by atoms with Gasteiger partial charge in [-0.25, -0.2) is 13.6 Å². The van der Waals surface area contributed by atoms with E-state index >= 15 is 0 Å². The van der Waals surface area contributed by atoms with E-state index in [1.54, 1.807) is 6.92 Å². The molecule has 0 saturated heterocycles. The van der Waals surface area contributed by atoms with Crippen LogP contribution in [0.25, 0.3) is 0 Å². The highest BCUT2D eigenvalue weighted by Crippen LogP contribution is 2.12. The monoisotopic (exact) mass is 268 g/mol. The van der Waals surface area contributed by atoms with E-state index in [4.69, 9.17) is 4.52 Å². The van der Waals surface area contributed by atoms with Crippen LogP contribution in [0.2, 0.25) is 0 Å². The third-order valence-corrected chi connectivity index (χ3v) is 2.20. The van der Waals surface area contributed by atoms with Gasteiger partial charge in [-0.1, -0.05) is 0 Å². The van der Waals surface area contributed by atoms with Crippen molar-refractivity contribution in [2.75, 3.05) is 6.61 Å². The van der Waals surface area contributed by atoms with Crippen molar-refractivity contribution in [3.05, 3.63) is 47.1 Å². The van der Waals surface area contributed by atoms with Crippen molar-refractivity contribution >= 4 is 5.97 Å². The zero-order valence-electron chi connectivity index (χ0n) is 10.0. The molecule has 0 fully saturated rings. The number of nitrogens with zero attached hydrogens (tertiary/aromatic N) is 2. The fraction of sp³-hybridized carbons (Fsp3) is 0.250. The lowest BCUT2D eigenvalue weighted by atomic mass is 10.1. The normalized spacial score (nSPS) is 10.5. The molecule has 0 aliphatic heterocycles. The molecule has 0 amide bonds. The third-order valence-electron chi connectivity index (χ3n) is 2.20. The fourth-order valence-corrected chi connectivity index (χ4v) is 1.49. The SMILES string of the molecule is CCOC(=O)c1noc(Cc2cc(F)cc(F)c2)n1. The van der Waals surface area contributed by atoms with Crippen LogP contribution in [0.5, 0.6) is 0 Å². The summed E-state index contributed by atoms with van der Waals surface area (Å²) in [6.45, 7) is 1.84. The maximum absolute atomic E-state index is 13.0. The van der Waals surface area contributed by atoms with Crippen LogP contribution in [0.15, 0.2) is 22.7 Å². The molecule has 0 atom stereocenters. The Bertz CT molecular complexity index is 578. The van der Waals surface area contributed by atoms with Gasteiger partial charge in [-0.2, -0.15) is 4.98 Å². The van der Waals surface area contributed by atoms with Crippen LogP contribution in [-0.2, 0) is 11.2 Å². The van der Waals surface area contributed by atoms with Crippen LogP contribution < -0.4 is 0 Å². The molecular weight excluding hydrogens is 258 g/mol. The Morgan fingerprint density at radius 3 is 2.63 bits per heavy atom. The molecule has 1 heterocycles. The summed E-state index contributed by atoms with van der Waals surface area (Å²) in [6, 6.07) is 3.07. The van der Waals surface area contributed by atoms with Gasteiger partial charge in [-0.3, -0.25) is 0 Å². The van der Waals surface area contributed by atoms with Crippen LogP contribution >= 0.6 is 0 Å². The molecule has 0 aliphatic rings. The average Bonchev–Trinajstić information content (AvgIpc) is 2.76. The Morgan fingerprint density at radius 2 is 2.00 bits per heavy atom. The molecule has 1 aromatic heterocycles. The standard InChI is InChI=1S/C12H10F2N2O3/c1-2-18-12(17)11-15-10(19-16-11)5-7-3-8(13)6-9(14)4-7/h3-4,6H,2,5H2,1H3. The summed E-state index contributed by atoms with van der Waals surface area (Å²) in [7, 11) is 0. The van der Waals surface area contributed by atoms with Crippen molar-refractivity contribution in [3.8, 4) is 0 Å². The predicted molar refractivity (Wildman–Crippen MR) is 59.4 cm³/mol. The summed E-state index contributed by atoms with van der Waals surface area (Å²) in [5.41, 5.74) is 0.330.